The monoisotopic (exact) mass is 385 g/mol. The van der Waals surface area contributed by atoms with E-state index in [4.69, 9.17) is 0 Å². The maximum absolute atomic E-state index is 12.3. The summed E-state index contributed by atoms with van der Waals surface area (Å²) in [6, 6.07) is 6.15. The van der Waals surface area contributed by atoms with E-state index in [-0.39, 0.29) is 5.69 Å². The third-order valence-corrected chi connectivity index (χ3v) is 3.91. The molecular formula is C17H22F3N5O2. The molecule has 0 radical (unpaired) electrons. The molecule has 1 N–H and O–H groups in total. The van der Waals surface area contributed by atoms with Crippen molar-refractivity contribution in [1.82, 2.24) is 20.0 Å². The van der Waals surface area contributed by atoms with Crippen LogP contribution >= 0.6 is 0 Å². The van der Waals surface area contributed by atoms with Gasteiger partial charge in [-0.2, -0.15) is 18.3 Å². The highest BCUT2D eigenvalue weighted by atomic mass is 19.4. The maximum Gasteiger partial charge on any atom is 0.401 e. The second kappa shape index (κ2) is 8.96. The second-order valence-corrected chi connectivity index (χ2v) is 6.36. The van der Waals surface area contributed by atoms with E-state index in [1.54, 1.807) is 23.9 Å². The van der Waals surface area contributed by atoms with E-state index in [0.29, 0.717) is 31.7 Å². The summed E-state index contributed by atoms with van der Waals surface area (Å²) in [4.78, 5) is 11.5. The minimum atomic E-state index is -4.18. The van der Waals surface area contributed by atoms with Crippen molar-refractivity contribution in [2.75, 3.05) is 26.7 Å². The minimum Gasteiger partial charge on any atom is -0.312 e. The number of halogens is 3. The largest absolute Gasteiger partial charge is 0.401 e. The smallest absolute Gasteiger partial charge is 0.312 e. The molecule has 27 heavy (non-hydrogen) atoms. The number of nitrogens with one attached hydrogen (secondary N) is 1. The molecule has 0 atom stereocenters. The molecule has 148 valence electrons. The van der Waals surface area contributed by atoms with Gasteiger partial charge in [0.2, 0.25) is 0 Å². The van der Waals surface area contributed by atoms with Gasteiger partial charge in [-0.1, -0.05) is 0 Å². The van der Waals surface area contributed by atoms with Crippen molar-refractivity contribution in [1.29, 1.82) is 0 Å². The summed E-state index contributed by atoms with van der Waals surface area (Å²) in [6.07, 6.45) is -1.75. The number of nitro benzene ring substituents is 1. The molecular weight excluding hydrogens is 363 g/mol. The van der Waals surface area contributed by atoms with Crippen molar-refractivity contribution >= 4 is 5.69 Å². The average Bonchev–Trinajstić information content (AvgIpc) is 2.93. The van der Waals surface area contributed by atoms with Gasteiger partial charge >= 0.3 is 6.18 Å². The Balaban J connectivity index is 1.88. The zero-order valence-electron chi connectivity index (χ0n) is 15.2. The Morgan fingerprint density at radius 1 is 1.30 bits per heavy atom. The molecule has 10 heteroatoms. The Labute approximate surface area is 154 Å². The number of alkyl halides is 3. The first kappa shape index (κ1) is 20.8. The normalized spacial score (nSPS) is 11.9. The van der Waals surface area contributed by atoms with Gasteiger partial charge in [-0.3, -0.25) is 19.7 Å². The summed E-state index contributed by atoms with van der Waals surface area (Å²) in [6.45, 7) is 0.495. The van der Waals surface area contributed by atoms with E-state index >= 15 is 0 Å². The molecule has 0 saturated carbocycles. The van der Waals surface area contributed by atoms with Crippen LogP contribution in [0, 0.1) is 10.1 Å². The fourth-order valence-electron chi connectivity index (χ4n) is 2.73. The lowest BCUT2D eigenvalue weighted by molar-refractivity contribution is -0.384. The van der Waals surface area contributed by atoms with Crippen LogP contribution < -0.4 is 5.32 Å². The third-order valence-electron chi connectivity index (χ3n) is 3.91. The van der Waals surface area contributed by atoms with E-state index in [9.17, 15) is 23.3 Å². The molecule has 0 spiro atoms. The molecule has 7 nitrogen and oxygen atoms in total. The quantitative estimate of drug-likeness (QED) is 0.408. The number of hydrogen-bond acceptors (Lipinski definition) is 5. The molecule has 0 aliphatic rings. The number of nitrogens with zero attached hydrogens (tertiary/aromatic N) is 4. The fraction of sp³-hybridized carbons (Fsp3) is 0.471. The van der Waals surface area contributed by atoms with Crippen LogP contribution in [0.3, 0.4) is 0 Å². The van der Waals surface area contributed by atoms with E-state index < -0.39 is 17.6 Å². The van der Waals surface area contributed by atoms with Crippen LogP contribution in [0.25, 0.3) is 11.3 Å². The van der Waals surface area contributed by atoms with E-state index in [0.717, 1.165) is 11.1 Å². The first-order valence-corrected chi connectivity index (χ1v) is 8.39. The Hall–Kier alpha value is -2.46. The number of aryl methyl sites for hydroxylation is 1. The zero-order chi connectivity index (χ0) is 20.0. The number of aromatic nitrogens is 2. The molecule has 0 amide bonds. The van der Waals surface area contributed by atoms with Gasteiger partial charge in [0.05, 0.1) is 17.2 Å². The van der Waals surface area contributed by atoms with Crippen molar-refractivity contribution < 1.29 is 18.1 Å². The van der Waals surface area contributed by atoms with Crippen molar-refractivity contribution in [3.8, 4) is 11.3 Å². The van der Waals surface area contributed by atoms with Crippen molar-refractivity contribution in [2.45, 2.75) is 19.1 Å². The second-order valence-electron chi connectivity index (χ2n) is 6.36. The van der Waals surface area contributed by atoms with Gasteiger partial charge in [0.1, 0.15) is 0 Å². The van der Waals surface area contributed by atoms with Gasteiger partial charge in [0.25, 0.3) is 5.69 Å². The molecule has 0 fully saturated rings. The molecule has 0 aliphatic carbocycles. The van der Waals surface area contributed by atoms with Crippen LogP contribution in [0.15, 0.2) is 30.5 Å². The van der Waals surface area contributed by atoms with Crippen LogP contribution in [0.2, 0.25) is 0 Å². The molecule has 1 aromatic carbocycles. The van der Waals surface area contributed by atoms with E-state index in [2.05, 4.69) is 10.4 Å². The molecule has 0 unspecified atom stereocenters. The number of hydrogen-bond donors (Lipinski definition) is 1. The highest BCUT2D eigenvalue weighted by molar-refractivity contribution is 5.64. The summed E-state index contributed by atoms with van der Waals surface area (Å²) in [7, 11) is 3.23. The van der Waals surface area contributed by atoms with Gasteiger partial charge in [0.15, 0.2) is 0 Å². The summed E-state index contributed by atoms with van der Waals surface area (Å²) in [5.74, 6) is 0. The van der Waals surface area contributed by atoms with Crippen molar-refractivity contribution in [3.05, 3.63) is 46.1 Å². The van der Waals surface area contributed by atoms with Crippen LogP contribution in [0.5, 0.6) is 0 Å². The summed E-state index contributed by atoms with van der Waals surface area (Å²) in [5.41, 5.74) is 2.41. The van der Waals surface area contributed by atoms with Gasteiger partial charge < -0.3 is 5.32 Å². The highest BCUT2D eigenvalue weighted by Gasteiger charge is 2.28. The number of rotatable bonds is 9. The third kappa shape index (κ3) is 6.65. The Bertz CT molecular complexity index is 759. The summed E-state index contributed by atoms with van der Waals surface area (Å²) >= 11 is 0. The first-order valence-electron chi connectivity index (χ1n) is 8.39. The van der Waals surface area contributed by atoms with Crippen molar-refractivity contribution in [3.63, 3.8) is 0 Å². The number of nitro groups is 1. The topological polar surface area (TPSA) is 76.2 Å². The number of non-ortho nitro benzene ring substituents is 1. The van der Waals surface area contributed by atoms with E-state index in [1.165, 1.54) is 24.1 Å². The van der Waals surface area contributed by atoms with Crippen molar-refractivity contribution in [2.24, 2.45) is 7.05 Å². The summed E-state index contributed by atoms with van der Waals surface area (Å²) < 4.78 is 38.5. The molecule has 1 aromatic heterocycles. The van der Waals surface area contributed by atoms with Crippen LogP contribution in [0.4, 0.5) is 18.9 Å². The van der Waals surface area contributed by atoms with Gasteiger partial charge in [0, 0.05) is 43.0 Å². The fourth-order valence-corrected chi connectivity index (χ4v) is 2.73. The maximum atomic E-state index is 12.3. The van der Waals surface area contributed by atoms with Crippen LogP contribution in [-0.2, 0) is 13.6 Å². The lowest BCUT2D eigenvalue weighted by Crippen LogP contribution is -2.32. The molecule has 2 rings (SSSR count). The summed E-state index contributed by atoms with van der Waals surface area (Å²) in [5, 5.41) is 18.4. The van der Waals surface area contributed by atoms with Crippen LogP contribution in [-0.4, -0.2) is 52.5 Å². The molecule has 0 saturated heterocycles. The highest BCUT2D eigenvalue weighted by Crippen LogP contribution is 2.24. The van der Waals surface area contributed by atoms with Gasteiger partial charge in [-0.05, 0) is 38.7 Å². The van der Waals surface area contributed by atoms with E-state index in [1.807, 2.05) is 6.20 Å². The SMILES string of the molecule is CN(CCCNCc1cn(C)nc1-c1ccc([N+](=O)[O-])cc1)CC(F)(F)F. The Morgan fingerprint density at radius 2 is 1.96 bits per heavy atom. The first-order chi connectivity index (χ1) is 12.7. The lowest BCUT2D eigenvalue weighted by Gasteiger charge is -2.18. The van der Waals surface area contributed by atoms with Gasteiger partial charge in [-0.15, -0.1) is 0 Å². The molecule has 2 aromatic rings. The van der Waals surface area contributed by atoms with Gasteiger partial charge in [-0.25, -0.2) is 0 Å². The predicted octanol–water partition coefficient (Wildman–Crippen LogP) is 2.97. The molecule has 0 bridgehead atoms. The average molecular weight is 385 g/mol. The Morgan fingerprint density at radius 3 is 2.56 bits per heavy atom. The number of benzene rings is 1. The minimum absolute atomic E-state index is 0.0114. The lowest BCUT2D eigenvalue weighted by atomic mass is 10.1. The molecule has 1 heterocycles. The van der Waals surface area contributed by atoms with Crippen LogP contribution in [0.1, 0.15) is 12.0 Å². The molecule has 0 aliphatic heterocycles. The standard InChI is InChI=1S/C17H22F3N5O2/c1-23(12-17(18,19)20)9-3-8-21-10-14-11-24(2)22-16(14)13-4-6-15(7-5-13)25(26)27/h4-7,11,21H,3,8-10,12H2,1-2H3. The zero-order valence-corrected chi connectivity index (χ0v) is 15.2. The predicted molar refractivity (Wildman–Crippen MR) is 95.2 cm³/mol. The Kier molecular flexibility index (Phi) is 6.92.